The molecule has 1 aromatic carbocycles. The monoisotopic (exact) mass is 251 g/mol. The van der Waals surface area contributed by atoms with Crippen molar-refractivity contribution in [2.24, 2.45) is 0 Å². The van der Waals surface area contributed by atoms with Crippen molar-refractivity contribution in [3.05, 3.63) is 58.0 Å². The zero-order valence-electron chi connectivity index (χ0n) is 9.68. The Labute approximate surface area is 106 Å². The van der Waals surface area contributed by atoms with E-state index < -0.39 is 0 Å². The molecule has 1 heterocycles. The van der Waals surface area contributed by atoms with Crippen LogP contribution in [0.25, 0.3) is 5.69 Å². The van der Waals surface area contributed by atoms with Gasteiger partial charge in [0.1, 0.15) is 5.75 Å². The fourth-order valence-corrected chi connectivity index (χ4v) is 1.90. The Hall–Kier alpha value is -1.74. The number of phenols is 1. The van der Waals surface area contributed by atoms with Crippen molar-refractivity contribution >= 4 is 12.4 Å². The third-order valence-corrected chi connectivity index (χ3v) is 2.50. The van der Waals surface area contributed by atoms with E-state index in [4.69, 9.17) is 0 Å². The molecule has 0 radical (unpaired) electrons. The second kappa shape index (κ2) is 5.06. The highest BCUT2D eigenvalue weighted by atomic mass is 35.5. The lowest BCUT2D eigenvalue weighted by atomic mass is 10.2. The summed E-state index contributed by atoms with van der Waals surface area (Å²) in [6.07, 6.45) is 0. The summed E-state index contributed by atoms with van der Waals surface area (Å²) < 4.78 is 1.93. The van der Waals surface area contributed by atoms with Crippen molar-refractivity contribution in [2.45, 2.75) is 13.8 Å². The molecule has 2 aromatic rings. The van der Waals surface area contributed by atoms with Gasteiger partial charge in [-0.1, -0.05) is 6.07 Å². The number of nitrogens with zero attached hydrogens (tertiary/aromatic N) is 1. The van der Waals surface area contributed by atoms with Crippen LogP contribution < -0.4 is 5.43 Å². The van der Waals surface area contributed by atoms with E-state index in [0.717, 1.165) is 17.1 Å². The van der Waals surface area contributed by atoms with Gasteiger partial charge in [0.15, 0.2) is 5.43 Å². The van der Waals surface area contributed by atoms with Crippen LogP contribution in [0.4, 0.5) is 0 Å². The molecular weight excluding hydrogens is 238 g/mol. The van der Waals surface area contributed by atoms with Crippen LogP contribution >= 0.6 is 12.4 Å². The highest BCUT2D eigenvalue weighted by molar-refractivity contribution is 5.85. The average molecular weight is 252 g/mol. The van der Waals surface area contributed by atoms with E-state index in [9.17, 15) is 9.90 Å². The van der Waals surface area contributed by atoms with Crippen molar-refractivity contribution in [1.82, 2.24) is 4.57 Å². The zero-order chi connectivity index (χ0) is 11.7. The molecular formula is C13H14ClNO2. The summed E-state index contributed by atoms with van der Waals surface area (Å²) in [5, 5.41) is 9.44. The Bertz CT molecular complexity index is 564. The highest BCUT2D eigenvalue weighted by Crippen LogP contribution is 2.17. The first-order valence-electron chi connectivity index (χ1n) is 5.07. The molecule has 0 unspecified atom stereocenters. The number of aryl methyl sites for hydroxylation is 2. The van der Waals surface area contributed by atoms with Crippen LogP contribution in [-0.4, -0.2) is 9.67 Å². The number of rotatable bonds is 1. The average Bonchev–Trinajstić information content (AvgIpc) is 2.15. The molecule has 0 saturated heterocycles. The van der Waals surface area contributed by atoms with E-state index in [-0.39, 0.29) is 23.6 Å². The van der Waals surface area contributed by atoms with Gasteiger partial charge in [0.25, 0.3) is 0 Å². The van der Waals surface area contributed by atoms with Gasteiger partial charge >= 0.3 is 0 Å². The first-order valence-corrected chi connectivity index (χ1v) is 5.07. The van der Waals surface area contributed by atoms with E-state index in [1.807, 2.05) is 24.5 Å². The molecule has 0 fully saturated rings. The number of hydrogen-bond donors (Lipinski definition) is 1. The molecule has 0 amide bonds. The van der Waals surface area contributed by atoms with Crippen LogP contribution in [0.5, 0.6) is 5.75 Å². The second-order valence-corrected chi connectivity index (χ2v) is 3.83. The topological polar surface area (TPSA) is 42.2 Å². The second-order valence-electron chi connectivity index (χ2n) is 3.83. The molecule has 1 N–H and O–H groups in total. The maximum Gasteiger partial charge on any atom is 0.182 e. The van der Waals surface area contributed by atoms with Crippen molar-refractivity contribution in [3.63, 3.8) is 0 Å². The summed E-state index contributed by atoms with van der Waals surface area (Å²) in [4.78, 5) is 11.3. The third kappa shape index (κ3) is 2.68. The molecule has 0 atom stereocenters. The number of halogens is 1. The molecule has 0 aliphatic heterocycles. The Morgan fingerprint density at radius 3 is 2.18 bits per heavy atom. The van der Waals surface area contributed by atoms with E-state index in [1.165, 1.54) is 0 Å². The molecule has 0 bridgehead atoms. The molecule has 0 aliphatic rings. The quantitative estimate of drug-likeness (QED) is 0.847. The molecule has 1 aromatic heterocycles. The van der Waals surface area contributed by atoms with Crippen LogP contribution in [0.3, 0.4) is 0 Å². The maximum absolute atomic E-state index is 11.3. The van der Waals surface area contributed by atoms with Gasteiger partial charge in [-0.25, -0.2) is 0 Å². The van der Waals surface area contributed by atoms with E-state index >= 15 is 0 Å². The van der Waals surface area contributed by atoms with Crippen LogP contribution in [0, 0.1) is 13.8 Å². The van der Waals surface area contributed by atoms with Crippen LogP contribution in [0.2, 0.25) is 0 Å². The first kappa shape index (κ1) is 13.3. The minimum absolute atomic E-state index is 0. The predicted molar refractivity (Wildman–Crippen MR) is 70.4 cm³/mol. The third-order valence-electron chi connectivity index (χ3n) is 2.50. The van der Waals surface area contributed by atoms with Gasteiger partial charge in [-0.3, -0.25) is 4.79 Å². The molecule has 0 spiro atoms. The van der Waals surface area contributed by atoms with E-state index in [0.29, 0.717) is 0 Å². The summed E-state index contributed by atoms with van der Waals surface area (Å²) in [5.41, 5.74) is 2.58. The standard InChI is InChI=1S/C13H13NO2.ClH/c1-9-6-13(16)7-10(2)14(9)11-4-3-5-12(15)8-11;/h3-8,15H,1-2H3;1H. The fourth-order valence-electron chi connectivity index (χ4n) is 1.90. The molecule has 90 valence electrons. The number of hydrogen-bond acceptors (Lipinski definition) is 2. The summed E-state index contributed by atoms with van der Waals surface area (Å²) in [7, 11) is 0. The maximum atomic E-state index is 11.3. The van der Waals surface area contributed by atoms with Gasteiger partial charge in [0.05, 0.1) is 0 Å². The highest BCUT2D eigenvalue weighted by Gasteiger charge is 2.04. The Morgan fingerprint density at radius 2 is 1.65 bits per heavy atom. The minimum Gasteiger partial charge on any atom is -0.508 e. The van der Waals surface area contributed by atoms with Gasteiger partial charge in [-0.05, 0) is 26.0 Å². The van der Waals surface area contributed by atoms with Gasteiger partial charge in [-0.2, -0.15) is 0 Å². The number of benzene rings is 1. The normalized spacial score (nSPS) is 9.76. The summed E-state index contributed by atoms with van der Waals surface area (Å²) in [6, 6.07) is 10.1. The van der Waals surface area contributed by atoms with Crippen LogP contribution in [0.15, 0.2) is 41.2 Å². The smallest absolute Gasteiger partial charge is 0.182 e. The molecule has 0 aliphatic carbocycles. The summed E-state index contributed by atoms with van der Waals surface area (Å²) in [6.45, 7) is 3.75. The largest absolute Gasteiger partial charge is 0.508 e. The lowest BCUT2D eigenvalue weighted by Gasteiger charge is -2.14. The van der Waals surface area contributed by atoms with E-state index in [2.05, 4.69) is 0 Å². The fraction of sp³-hybridized carbons (Fsp3) is 0.154. The number of pyridine rings is 1. The van der Waals surface area contributed by atoms with Gasteiger partial charge in [0, 0.05) is 35.3 Å². The van der Waals surface area contributed by atoms with E-state index in [1.54, 1.807) is 30.3 Å². The molecule has 0 saturated carbocycles. The Balaban J connectivity index is 0.00000144. The predicted octanol–water partition coefficient (Wildman–Crippen LogP) is 2.58. The number of aromatic hydroxyl groups is 1. The lowest BCUT2D eigenvalue weighted by molar-refractivity contribution is 0.475. The molecule has 3 nitrogen and oxygen atoms in total. The van der Waals surface area contributed by atoms with Crippen molar-refractivity contribution in [3.8, 4) is 11.4 Å². The number of phenolic OH excluding ortho intramolecular Hbond substituents is 1. The lowest BCUT2D eigenvalue weighted by Crippen LogP contribution is -2.11. The number of aromatic nitrogens is 1. The SMILES string of the molecule is Cc1cc(=O)cc(C)n1-c1cccc(O)c1.Cl. The summed E-state index contributed by atoms with van der Waals surface area (Å²) >= 11 is 0. The molecule has 17 heavy (non-hydrogen) atoms. The van der Waals surface area contributed by atoms with Crippen LogP contribution in [0.1, 0.15) is 11.4 Å². The Kier molecular flexibility index (Phi) is 3.97. The molecule has 4 heteroatoms. The summed E-state index contributed by atoms with van der Waals surface area (Å²) in [5.74, 6) is 0.218. The van der Waals surface area contributed by atoms with Crippen LogP contribution in [-0.2, 0) is 0 Å². The first-order chi connectivity index (χ1) is 7.58. The Morgan fingerprint density at radius 1 is 1.06 bits per heavy atom. The minimum atomic E-state index is 0. The zero-order valence-corrected chi connectivity index (χ0v) is 10.5. The molecule has 2 rings (SSSR count). The van der Waals surface area contributed by atoms with Gasteiger partial charge < -0.3 is 9.67 Å². The van der Waals surface area contributed by atoms with Crippen molar-refractivity contribution in [2.75, 3.05) is 0 Å². The van der Waals surface area contributed by atoms with Gasteiger partial charge in [0.2, 0.25) is 0 Å². The van der Waals surface area contributed by atoms with Crippen molar-refractivity contribution in [1.29, 1.82) is 0 Å². The van der Waals surface area contributed by atoms with Gasteiger partial charge in [-0.15, -0.1) is 12.4 Å². The van der Waals surface area contributed by atoms with Crippen molar-refractivity contribution < 1.29 is 5.11 Å².